The van der Waals surface area contributed by atoms with Crippen LogP contribution >= 0.6 is 11.6 Å². The molecule has 19 heavy (non-hydrogen) atoms. The number of nitrogens with two attached hydrogens (primary N) is 1. The fraction of sp³-hybridized carbons (Fsp3) is 0.182. The van der Waals surface area contributed by atoms with Gasteiger partial charge in [-0.1, -0.05) is 11.6 Å². The first-order valence-corrected chi connectivity index (χ1v) is 7.28. The minimum Gasteiger partial charge on any atom is -0.399 e. The molecule has 0 unspecified atom stereocenters. The lowest BCUT2D eigenvalue weighted by Crippen LogP contribution is -2.24. The Balaban J connectivity index is 2.20. The molecule has 0 amide bonds. The maximum absolute atomic E-state index is 12.1. The van der Waals surface area contributed by atoms with E-state index in [4.69, 9.17) is 17.3 Å². The quantitative estimate of drug-likeness (QED) is 0.828. The lowest BCUT2D eigenvalue weighted by atomic mass is 10.3. The van der Waals surface area contributed by atoms with Crippen LogP contribution in [0.1, 0.15) is 5.69 Å². The van der Waals surface area contributed by atoms with E-state index in [1.165, 1.54) is 12.1 Å². The normalized spacial score (nSPS) is 11.7. The molecule has 1 aromatic carbocycles. The zero-order chi connectivity index (χ0) is 14.0. The average molecular weight is 301 g/mol. The smallest absolute Gasteiger partial charge is 0.242 e. The maximum atomic E-state index is 12.1. The van der Waals surface area contributed by atoms with Crippen LogP contribution in [0, 0.1) is 0 Å². The molecule has 0 aliphatic carbocycles. The highest BCUT2D eigenvalue weighted by Crippen LogP contribution is 2.23. The number of nitrogen functional groups attached to an aromatic ring is 1. The summed E-state index contributed by atoms with van der Waals surface area (Å²) in [6, 6.07) is 6.04. The molecule has 0 radical (unpaired) electrons. The standard InChI is InChI=1S/C11H13ClN4O2S/c1-16-5-4-9(15-16)7-14-19(17,18)11-6-8(13)2-3-10(11)12/h2-6,14H,7,13H2,1H3. The van der Waals surface area contributed by atoms with Gasteiger partial charge in [-0.3, -0.25) is 4.68 Å². The van der Waals surface area contributed by atoms with Crippen molar-refractivity contribution in [2.24, 2.45) is 7.05 Å². The highest BCUT2D eigenvalue weighted by molar-refractivity contribution is 7.89. The van der Waals surface area contributed by atoms with Crippen molar-refractivity contribution in [3.63, 3.8) is 0 Å². The predicted molar refractivity (Wildman–Crippen MR) is 73.1 cm³/mol. The van der Waals surface area contributed by atoms with Crippen LogP contribution in [-0.4, -0.2) is 18.2 Å². The molecule has 0 saturated carbocycles. The van der Waals surface area contributed by atoms with Gasteiger partial charge in [-0.25, -0.2) is 13.1 Å². The van der Waals surface area contributed by atoms with Crippen LogP contribution in [0.5, 0.6) is 0 Å². The van der Waals surface area contributed by atoms with E-state index in [2.05, 4.69) is 9.82 Å². The van der Waals surface area contributed by atoms with Crippen LogP contribution < -0.4 is 10.5 Å². The third kappa shape index (κ3) is 3.25. The van der Waals surface area contributed by atoms with Gasteiger partial charge in [0, 0.05) is 18.9 Å². The molecule has 0 bridgehead atoms. The zero-order valence-corrected chi connectivity index (χ0v) is 11.7. The minimum absolute atomic E-state index is 0.0369. The van der Waals surface area contributed by atoms with Crippen molar-refractivity contribution >= 4 is 27.3 Å². The first-order chi connectivity index (χ1) is 8.88. The minimum atomic E-state index is -3.71. The summed E-state index contributed by atoms with van der Waals surface area (Å²) >= 11 is 5.87. The van der Waals surface area contributed by atoms with Gasteiger partial charge in [0.1, 0.15) is 4.90 Å². The van der Waals surface area contributed by atoms with Crippen LogP contribution in [0.25, 0.3) is 0 Å². The largest absolute Gasteiger partial charge is 0.399 e. The molecular formula is C11H13ClN4O2S. The molecule has 2 rings (SSSR count). The molecule has 3 N–H and O–H groups in total. The third-order valence-corrected chi connectivity index (χ3v) is 4.34. The Hall–Kier alpha value is -1.57. The van der Waals surface area contributed by atoms with Gasteiger partial charge in [0.05, 0.1) is 17.3 Å². The Morgan fingerprint density at radius 2 is 2.16 bits per heavy atom. The molecule has 1 aromatic heterocycles. The van der Waals surface area contributed by atoms with E-state index in [-0.39, 0.29) is 16.5 Å². The predicted octanol–water partition coefficient (Wildman–Crippen LogP) is 1.13. The molecule has 0 atom stereocenters. The SMILES string of the molecule is Cn1ccc(CNS(=O)(=O)c2cc(N)ccc2Cl)n1. The van der Waals surface area contributed by atoms with Gasteiger partial charge >= 0.3 is 0 Å². The molecule has 0 aliphatic heterocycles. The van der Waals surface area contributed by atoms with E-state index in [0.29, 0.717) is 11.4 Å². The Labute approximate surface area is 116 Å². The number of sulfonamides is 1. The van der Waals surface area contributed by atoms with Gasteiger partial charge in [-0.15, -0.1) is 0 Å². The number of hydrogen-bond acceptors (Lipinski definition) is 4. The van der Waals surface area contributed by atoms with Gasteiger partial charge in [-0.05, 0) is 24.3 Å². The average Bonchev–Trinajstić information content (AvgIpc) is 2.76. The molecule has 102 valence electrons. The van der Waals surface area contributed by atoms with E-state index in [0.717, 1.165) is 0 Å². The molecular weight excluding hydrogens is 288 g/mol. The molecule has 0 fully saturated rings. The fourth-order valence-electron chi connectivity index (χ4n) is 1.53. The highest BCUT2D eigenvalue weighted by Gasteiger charge is 2.18. The lowest BCUT2D eigenvalue weighted by Gasteiger charge is -2.08. The van der Waals surface area contributed by atoms with Crippen molar-refractivity contribution in [2.75, 3.05) is 5.73 Å². The summed E-state index contributed by atoms with van der Waals surface area (Å²) in [5.41, 5.74) is 6.52. The van der Waals surface area contributed by atoms with Crippen LogP contribution in [0.4, 0.5) is 5.69 Å². The summed E-state index contributed by atoms with van der Waals surface area (Å²) in [6.07, 6.45) is 1.73. The Morgan fingerprint density at radius 3 is 2.79 bits per heavy atom. The van der Waals surface area contributed by atoms with Gasteiger partial charge in [0.15, 0.2) is 0 Å². The maximum Gasteiger partial charge on any atom is 0.242 e. The first-order valence-electron chi connectivity index (χ1n) is 5.42. The van der Waals surface area contributed by atoms with Gasteiger partial charge in [0.25, 0.3) is 0 Å². The summed E-state index contributed by atoms with van der Waals surface area (Å²) in [4.78, 5) is -0.0369. The Morgan fingerprint density at radius 1 is 1.42 bits per heavy atom. The Kier molecular flexibility index (Phi) is 3.79. The number of nitrogens with zero attached hydrogens (tertiary/aromatic N) is 2. The van der Waals surface area contributed by atoms with Crippen LogP contribution in [0.3, 0.4) is 0 Å². The van der Waals surface area contributed by atoms with Crippen LogP contribution in [0.15, 0.2) is 35.4 Å². The molecule has 1 heterocycles. The molecule has 6 nitrogen and oxygen atoms in total. The summed E-state index contributed by atoms with van der Waals surface area (Å²) in [7, 11) is -1.96. The van der Waals surface area contributed by atoms with E-state index < -0.39 is 10.0 Å². The van der Waals surface area contributed by atoms with Crippen molar-refractivity contribution in [1.82, 2.24) is 14.5 Å². The number of hydrogen-bond donors (Lipinski definition) is 2. The number of aromatic nitrogens is 2. The molecule has 0 aliphatic rings. The second-order valence-electron chi connectivity index (χ2n) is 4.00. The van der Waals surface area contributed by atoms with Crippen LogP contribution in [-0.2, 0) is 23.6 Å². The fourth-order valence-corrected chi connectivity index (χ4v) is 3.06. The number of aryl methyl sites for hydroxylation is 1. The van der Waals surface area contributed by atoms with Crippen molar-refractivity contribution in [2.45, 2.75) is 11.4 Å². The van der Waals surface area contributed by atoms with E-state index in [9.17, 15) is 8.42 Å². The Bertz CT molecular complexity index is 696. The topological polar surface area (TPSA) is 90.0 Å². The van der Waals surface area contributed by atoms with Crippen molar-refractivity contribution < 1.29 is 8.42 Å². The summed E-state index contributed by atoms with van der Waals surface area (Å²) in [5, 5.41) is 4.21. The van der Waals surface area contributed by atoms with Crippen molar-refractivity contribution in [3.05, 3.63) is 41.2 Å². The van der Waals surface area contributed by atoms with Gasteiger partial charge in [0.2, 0.25) is 10.0 Å². The number of anilines is 1. The summed E-state index contributed by atoms with van der Waals surface area (Å²) in [5.74, 6) is 0. The first kappa shape index (κ1) is 13.9. The number of rotatable bonds is 4. The second-order valence-corrected chi connectivity index (χ2v) is 6.14. The summed E-state index contributed by atoms with van der Waals surface area (Å²) < 4.78 is 28.2. The van der Waals surface area contributed by atoms with Crippen molar-refractivity contribution in [1.29, 1.82) is 0 Å². The molecule has 0 saturated heterocycles. The second kappa shape index (κ2) is 5.20. The molecule has 2 aromatic rings. The number of benzene rings is 1. The van der Waals surface area contributed by atoms with Crippen molar-refractivity contribution in [3.8, 4) is 0 Å². The molecule has 0 spiro atoms. The highest BCUT2D eigenvalue weighted by atomic mass is 35.5. The summed E-state index contributed by atoms with van der Waals surface area (Å²) in [6.45, 7) is 0.0916. The molecule has 8 heteroatoms. The number of halogens is 1. The van der Waals surface area contributed by atoms with E-state index in [1.807, 2.05) is 0 Å². The van der Waals surface area contributed by atoms with E-state index in [1.54, 1.807) is 30.1 Å². The third-order valence-electron chi connectivity index (χ3n) is 2.46. The van der Waals surface area contributed by atoms with Crippen LogP contribution in [0.2, 0.25) is 5.02 Å². The number of nitrogens with one attached hydrogen (secondary N) is 1. The van der Waals surface area contributed by atoms with E-state index >= 15 is 0 Å². The van der Waals surface area contributed by atoms with Gasteiger partial charge in [-0.2, -0.15) is 5.10 Å². The van der Waals surface area contributed by atoms with Gasteiger partial charge < -0.3 is 5.73 Å². The lowest BCUT2D eigenvalue weighted by molar-refractivity contribution is 0.579. The zero-order valence-electron chi connectivity index (χ0n) is 10.2. The monoisotopic (exact) mass is 300 g/mol.